The second-order valence-corrected chi connectivity index (χ2v) is 8.32. The normalized spacial score (nSPS) is 21.1. The van der Waals surface area contributed by atoms with Crippen molar-refractivity contribution in [1.82, 2.24) is 4.31 Å². The average molecular weight is 297 g/mol. The van der Waals surface area contributed by atoms with Gasteiger partial charge < -0.3 is 5.43 Å². The standard InChI is InChI=1S/C14H23N3O2S/c1-14(2,3)11-8-9-17(10-11)20(18,19)13-6-4-12(16-15)5-7-13/h4-7,11,16H,8-10,15H2,1-3H3. The first-order chi connectivity index (χ1) is 9.25. The molecule has 0 saturated carbocycles. The van der Waals surface area contributed by atoms with E-state index in [1.165, 1.54) is 0 Å². The summed E-state index contributed by atoms with van der Waals surface area (Å²) in [5.41, 5.74) is 3.32. The zero-order valence-corrected chi connectivity index (χ0v) is 13.1. The van der Waals surface area contributed by atoms with Gasteiger partial charge in [-0.25, -0.2) is 8.42 Å². The summed E-state index contributed by atoms with van der Waals surface area (Å²) in [6, 6.07) is 6.53. The lowest BCUT2D eigenvalue weighted by atomic mass is 9.80. The van der Waals surface area contributed by atoms with Gasteiger partial charge in [-0.15, -0.1) is 0 Å². The molecule has 1 aromatic carbocycles. The van der Waals surface area contributed by atoms with Crippen LogP contribution in [-0.2, 0) is 10.0 Å². The molecular formula is C14H23N3O2S. The van der Waals surface area contributed by atoms with Crippen LogP contribution in [-0.4, -0.2) is 25.8 Å². The topological polar surface area (TPSA) is 75.4 Å². The first kappa shape index (κ1) is 15.3. The molecule has 1 aliphatic heterocycles. The molecule has 0 amide bonds. The zero-order chi connectivity index (χ0) is 15.0. The van der Waals surface area contributed by atoms with Crippen molar-refractivity contribution >= 4 is 15.7 Å². The third-order valence-electron chi connectivity index (χ3n) is 4.03. The Hall–Kier alpha value is -1.11. The van der Waals surface area contributed by atoms with Crippen LogP contribution in [0.2, 0.25) is 0 Å². The summed E-state index contributed by atoms with van der Waals surface area (Å²) in [6.45, 7) is 7.68. The Morgan fingerprint density at radius 2 is 1.85 bits per heavy atom. The summed E-state index contributed by atoms with van der Waals surface area (Å²) in [5, 5.41) is 0. The smallest absolute Gasteiger partial charge is 0.243 e. The van der Waals surface area contributed by atoms with Crippen molar-refractivity contribution in [2.75, 3.05) is 18.5 Å². The third kappa shape index (κ3) is 2.97. The number of nitrogens with one attached hydrogen (secondary N) is 1. The highest BCUT2D eigenvalue weighted by molar-refractivity contribution is 7.89. The molecule has 0 aliphatic carbocycles. The fourth-order valence-corrected chi connectivity index (χ4v) is 4.03. The van der Waals surface area contributed by atoms with Gasteiger partial charge in [0.15, 0.2) is 0 Å². The lowest BCUT2D eigenvalue weighted by molar-refractivity contribution is 0.252. The van der Waals surface area contributed by atoms with E-state index in [-0.39, 0.29) is 5.41 Å². The number of nitrogens with two attached hydrogens (primary N) is 1. The molecule has 1 aliphatic rings. The van der Waals surface area contributed by atoms with Crippen LogP contribution in [0.4, 0.5) is 5.69 Å². The highest BCUT2D eigenvalue weighted by Gasteiger charge is 2.37. The van der Waals surface area contributed by atoms with Crippen molar-refractivity contribution in [3.05, 3.63) is 24.3 Å². The summed E-state index contributed by atoms with van der Waals surface area (Å²) >= 11 is 0. The van der Waals surface area contributed by atoms with E-state index in [9.17, 15) is 8.42 Å². The molecule has 2 rings (SSSR count). The molecule has 1 saturated heterocycles. The van der Waals surface area contributed by atoms with Crippen LogP contribution >= 0.6 is 0 Å². The van der Waals surface area contributed by atoms with Crippen LogP contribution in [0.3, 0.4) is 0 Å². The van der Waals surface area contributed by atoms with Gasteiger partial charge in [0.25, 0.3) is 0 Å². The van der Waals surface area contributed by atoms with E-state index in [0.717, 1.165) is 6.42 Å². The van der Waals surface area contributed by atoms with Crippen LogP contribution in [0.15, 0.2) is 29.2 Å². The molecule has 1 unspecified atom stereocenters. The quantitative estimate of drug-likeness (QED) is 0.661. The predicted molar refractivity (Wildman–Crippen MR) is 80.6 cm³/mol. The van der Waals surface area contributed by atoms with Gasteiger partial charge in [0.2, 0.25) is 10.0 Å². The second kappa shape index (κ2) is 5.35. The van der Waals surface area contributed by atoms with E-state index in [1.54, 1.807) is 28.6 Å². The summed E-state index contributed by atoms with van der Waals surface area (Å²) in [5.74, 6) is 5.69. The van der Waals surface area contributed by atoms with Gasteiger partial charge in [-0.05, 0) is 42.0 Å². The number of nitrogen functional groups attached to an aromatic ring is 1. The fraction of sp³-hybridized carbons (Fsp3) is 0.571. The number of hydrogen-bond donors (Lipinski definition) is 2. The van der Waals surface area contributed by atoms with Gasteiger partial charge in [-0.1, -0.05) is 20.8 Å². The summed E-state index contributed by atoms with van der Waals surface area (Å²) in [4.78, 5) is 0.325. The molecule has 1 atom stereocenters. The maximum atomic E-state index is 12.6. The minimum atomic E-state index is -3.39. The van der Waals surface area contributed by atoms with E-state index < -0.39 is 10.0 Å². The number of nitrogens with zero attached hydrogens (tertiary/aromatic N) is 1. The molecule has 1 aromatic rings. The van der Waals surface area contributed by atoms with Crippen molar-refractivity contribution in [3.63, 3.8) is 0 Å². The molecule has 6 heteroatoms. The predicted octanol–water partition coefficient (Wildman–Crippen LogP) is 2.03. The molecule has 1 fully saturated rings. The molecule has 3 N–H and O–H groups in total. The number of anilines is 1. The monoisotopic (exact) mass is 297 g/mol. The van der Waals surface area contributed by atoms with Crippen molar-refractivity contribution in [1.29, 1.82) is 0 Å². The minimum absolute atomic E-state index is 0.137. The SMILES string of the molecule is CC(C)(C)C1CCN(S(=O)(=O)c2ccc(NN)cc2)C1. The Balaban J connectivity index is 2.19. The zero-order valence-electron chi connectivity index (χ0n) is 12.3. The molecule has 5 nitrogen and oxygen atoms in total. The number of hydrazine groups is 1. The van der Waals surface area contributed by atoms with Gasteiger partial charge in [0.05, 0.1) is 4.90 Å². The Kier molecular flexibility index (Phi) is 4.09. The van der Waals surface area contributed by atoms with E-state index in [4.69, 9.17) is 5.84 Å². The van der Waals surface area contributed by atoms with Gasteiger partial charge in [0.1, 0.15) is 0 Å². The van der Waals surface area contributed by atoms with Gasteiger partial charge >= 0.3 is 0 Å². The van der Waals surface area contributed by atoms with E-state index in [0.29, 0.717) is 29.6 Å². The first-order valence-corrected chi connectivity index (χ1v) is 8.26. The van der Waals surface area contributed by atoms with Crippen LogP contribution in [0.1, 0.15) is 27.2 Å². The van der Waals surface area contributed by atoms with Crippen LogP contribution in [0, 0.1) is 11.3 Å². The van der Waals surface area contributed by atoms with E-state index in [2.05, 4.69) is 26.2 Å². The van der Waals surface area contributed by atoms with Gasteiger partial charge in [0, 0.05) is 18.8 Å². The Bertz CT molecular complexity index is 561. The average Bonchev–Trinajstić information content (AvgIpc) is 2.89. The molecule has 1 heterocycles. The van der Waals surface area contributed by atoms with E-state index in [1.807, 2.05) is 0 Å². The number of hydrogen-bond acceptors (Lipinski definition) is 4. The highest BCUT2D eigenvalue weighted by Crippen LogP contribution is 2.35. The number of rotatable bonds is 3. The molecule has 0 spiro atoms. The van der Waals surface area contributed by atoms with Crippen LogP contribution in [0.5, 0.6) is 0 Å². The lowest BCUT2D eigenvalue weighted by Gasteiger charge is -2.26. The minimum Gasteiger partial charge on any atom is -0.324 e. The first-order valence-electron chi connectivity index (χ1n) is 6.82. The fourth-order valence-electron chi connectivity index (χ4n) is 2.53. The van der Waals surface area contributed by atoms with Crippen LogP contribution < -0.4 is 11.3 Å². The molecule has 0 bridgehead atoms. The largest absolute Gasteiger partial charge is 0.324 e. The molecule has 0 radical (unpaired) electrons. The molecular weight excluding hydrogens is 274 g/mol. The van der Waals surface area contributed by atoms with Crippen LogP contribution in [0.25, 0.3) is 0 Å². The highest BCUT2D eigenvalue weighted by atomic mass is 32.2. The van der Waals surface area contributed by atoms with Gasteiger partial charge in [-0.3, -0.25) is 5.84 Å². The Morgan fingerprint density at radius 3 is 2.30 bits per heavy atom. The summed E-state index contributed by atoms with van der Waals surface area (Å²) in [6.07, 6.45) is 0.922. The van der Waals surface area contributed by atoms with Crippen molar-refractivity contribution < 1.29 is 8.42 Å². The number of sulfonamides is 1. The Labute approximate surface area is 121 Å². The second-order valence-electron chi connectivity index (χ2n) is 6.38. The lowest BCUT2D eigenvalue weighted by Crippen LogP contribution is -2.31. The van der Waals surface area contributed by atoms with Crippen molar-refractivity contribution in [2.45, 2.75) is 32.1 Å². The van der Waals surface area contributed by atoms with Crippen molar-refractivity contribution in [3.8, 4) is 0 Å². The number of benzene rings is 1. The third-order valence-corrected chi connectivity index (χ3v) is 5.91. The molecule has 112 valence electrons. The molecule has 0 aromatic heterocycles. The summed E-state index contributed by atoms with van der Waals surface area (Å²) in [7, 11) is -3.39. The van der Waals surface area contributed by atoms with E-state index >= 15 is 0 Å². The van der Waals surface area contributed by atoms with Crippen molar-refractivity contribution in [2.24, 2.45) is 17.2 Å². The maximum absolute atomic E-state index is 12.6. The molecule has 20 heavy (non-hydrogen) atoms. The van der Waals surface area contributed by atoms with Gasteiger partial charge in [-0.2, -0.15) is 4.31 Å². The maximum Gasteiger partial charge on any atom is 0.243 e. The summed E-state index contributed by atoms with van der Waals surface area (Å²) < 4.78 is 26.8. The Morgan fingerprint density at radius 1 is 1.25 bits per heavy atom.